The van der Waals surface area contributed by atoms with Crippen LogP contribution in [0.5, 0.6) is 0 Å². The van der Waals surface area contributed by atoms with Crippen LogP contribution in [0.2, 0.25) is 0 Å². The van der Waals surface area contributed by atoms with Crippen molar-refractivity contribution in [3.05, 3.63) is 78.5 Å². The number of aliphatic hydroxyl groups is 2. The first-order valence-electron chi connectivity index (χ1n) is 13.2. The first kappa shape index (κ1) is 25.7. The predicted molar refractivity (Wildman–Crippen MR) is 150 cm³/mol. The third kappa shape index (κ3) is 4.92. The number of nitrogens with one attached hydrogen (secondary N) is 1. The maximum Gasteiger partial charge on any atom is 0.224 e. The zero-order chi connectivity index (χ0) is 27.9. The molecule has 0 spiro atoms. The van der Waals surface area contributed by atoms with Gasteiger partial charge in [-0.1, -0.05) is 30.3 Å². The number of benzene rings is 1. The highest BCUT2D eigenvalue weighted by Gasteiger charge is 2.29. The molecule has 40 heavy (non-hydrogen) atoms. The van der Waals surface area contributed by atoms with Crippen molar-refractivity contribution in [2.75, 3.05) is 18.8 Å². The summed E-state index contributed by atoms with van der Waals surface area (Å²) in [5, 5.41) is 26.3. The number of likely N-dealkylation sites (tertiary alicyclic amines) is 1. The molecule has 5 N–H and O–H groups in total. The van der Waals surface area contributed by atoms with Crippen LogP contribution in [0.3, 0.4) is 0 Å². The van der Waals surface area contributed by atoms with Crippen LogP contribution in [0, 0.1) is 0 Å². The van der Waals surface area contributed by atoms with Crippen LogP contribution < -0.4 is 5.73 Å². The Morgan fingerprint density at radius 2 is 2.00 bits per heavy atom. The molecule has 1 aliphatic heterocycles. The largest absolute Gasteiger partial charge is 0.391 e. The molecular formula is C29H30N8O3. The fourth-order valence-electron chi connectivity index (χ4n) is 5.11. The quantitative estimate of drug-likeness (QED) is 0.246. The lowest BCUT2D eigenvalue weighted by Crippen LogP contribution is -2.30. The number of aliphatic hydroxyl groups excluding tert-OH is 1. The molecular weight excluding hydrogens is 508 g/mol. The van der Waals surface area contributed by atoms with Crippen LogP contribution in [-0.4, -0.2) is 69.9 Å². The number of β-amino-alcohol motifs (C(OH)–C–C–N with tert-alkyl or cyclic N) is 1. The molecule has 1 amide bonds. The van der Waals surface area contributed by atoms with Crippen molar-refractivity contribution in [3.63, 3.8) is 0 Å². The normalized spacial score (nSPS) is 16.9. The molecule has 0 saturated carbocycles. The molecule has 1 aliphatic rings. The van der Waals surface area contributed by atoms with Gasteiger partial charge >= 0.3 is 0 Å². The number of fused-ring (bicyclic) bond motifs is 1. The van der Waals surface area contributed by atoms with Gasteiger partial charge < -0.3 is 25.8 Å². The lowest BCUT2D eigenvalue weighted by Gasteiger charge is -2.24. The summed E-state index contributed by atoms with van der Waals surface area (Å²) in [7, 11) is 0. The van der Waals surface area contributed by atoms with Gasteiger partial charge in [-0.25, -0.2) is 15.0 Å². The summed E-state index contributed by atoms with van der Waals surface area (Å²) >= 11 is 0. The Morgan fingerprint density at radius 3 is 2.77 bits per heavy atom. The number of aromatic amines is 1. The van der Waals surface area contributed by atoms with Crippen molar-refractivity contribution in [3.8, 4) is 22.4 Å². The van der Waals surface area contributed by atoms with Crippen molar-refractivity contribution in [1.29, 1.82) is 0 Å². The van der Waals surface area contributed by atoms with Gasteiger partial charge in [0.2, 0.25) is 11.9 Å². The van der Waals surface area contributed by atoms with Crippen molar-refractivity contribution in [1.82, 2.24) is 34.6 Å². The molecule has 0 aliphatic carbocycles. The van der Waals surface area contributed by atoms with E-state index in [1.54, 1.807) is 35.0 Å². The van der Waals surface area contributed by atoms with Gasteiger partial charge in [0.1, 0.15) is 11.2 Å². The van der Waals surface area contributed by atoms with Crippen molar-refractivity contribution in [2.24, 2.45) is 0 Å². The third-order valence-corrected chi connectivity index (χ3v) is 7.42. The van der Waals surface area contributed by atoms with Gasteiger partial charge in [-0.2, -0.15) is 5.10 Å². The van der Waals surface area contributed by atoms with Crippen LogP contribution in [0.1, 0.15) is 31.0 Å². The molecule has 1 saturated heterocycles. The zero-order valence-corrected chi connectivity index (χ0v) is 22.0. The highest BCUT2D eigenvalue weighted by atomic mass is 16.3. The molecule has 1 fully saturated rings. The molecule has 4 aromatic heterocycles. The highest BCUT2D eigenvalue weighted by molar-refractivity contribution is 5.95. The van der Waals surface area contributed by atoms with E-state index in [1.165, 1.54) is 0 Å². The fraction of sp³-hybridized carbons (Fsp3) is 0.276. The topological polar surface area (TPSA) is 159 Å². The Labute approximate surface area is 230 Å². The van der Waals surface area contributed by atoms with Crippen LogP contribution in [0.25, 0.3) is 33.4 Å². The molecule has 204 valence electrons. The number of pyridine rings is 1. The Kier molecular flexibility index (Phi) is 6.53. The van der Waals surface area contributed by atoms with Gasteiger partial charge in [-0.05, 0) is 31.0 Å². The number of carbonyl (C=O) groups excluding carboxylic acids is 1. The Hall–Kier alpha value is -4.61. The van der Waals surface area contributed by atoms with Crippen molar-refractivity contribution < 1.29 is 15.0 Å². The minimum Gasteiger partial charge on any atom is -0.391 e. The van der Waals surface area contributed by atoms with Gasteiger partial charge in [-0.15, -0.1) is 0 Å². The van der Waals surface area contributed by atoms with E-state index < -0.39 is 11.7 Å². The lowest BCUT2D eigenvalue weighted by molar-refractivity contribution is -0.130. The molecule has 0 radical (unpaired) electrons. The van der Waals surface area contributed by atoms with Crippen LogP contribution in [0.15, 0.2) is 67.3 Å². The van der Waals surface area contributed by atoms with Gasteiger partial charge in [0.05, 0.1) is 23.7 Å². The number of carbonyl (C=O) groups is 1. The number of hydrogen-bond acceptors (Lipinski definition) is 8. The van der Waals surface area contributed by atoms with Crippen LogP contribution in [0.4, 0.5) is 5.95 Å². The third-order valence-electron chi connectivity index (χ3n) is 7.42. The molecule has 5 heterocycles. The minimum absolute atomic E-state index is 0.0170. The predicted octanol–water partition coefficient (Wildman–Crippen LogP) is 2.70. The monoisotopic (exact) mass is 538 g/mol. The minimum atomic E-state index is -1.37. The second-order valence-electron chi connectivity index (χ2n) is 10.3. The zero-order valence-electron chi connectivity index (χ0n) is 22.0. The number of hydrogen-bond donors (Lipinski definition) is 4. The summed E-state index contributed by atoms with van der Waals surface area (Å²) in [6.07, 6.45) is 7.73. The first-order valence-corrected chi connectivity index (χ1v) is 13.2. The van der Waals surface area contributed by atoms with Gasteiger partial charge in [0, 0.05) is 66.7 Å². The summed E-state index contributed by atoms with van der Waals surface area (Å²) < 4.78 is 1.74. The lowest BCUT2D eigenvalue weighted by atomic mass is 9.91. The van der Waals surface area contributed by atoms with E-state index >= 15 is 0 Å². The van der Waals surface area contributed by atoms with E-state index in [-0.39, 0.29) is 11.9 Å². The number of aryl methyl sites for hydroxylation is 1. The molecule has 6 rings (SSSR count). The molecule has 0 bridgehead atoms. The average Bonchev–Trinajstić information content (AvgIpc) is 3.71. The number of nitrogen functional groups attached to an aromatic ring is 1. The van der Waals surface area contributed by atoms with E-state index in [0.717, 1.165) is 22.1 Å². The number of amides is 1. The number of nitrogens with two attached hydrogens (primary N) is 1. The van der Waals surface area contributed by atoms with Crippen molar-refractivity contribution in [2.45, 2.75) is 38.0 Å². The number of nitrogens with zero attached hydrogens (tertiary/aromatic N) is 6. The summed E-state index contributed by atoms with van der Waals surface area (Å²) in [4.78, 5) is 30.7. The molecule has 1 aromatic carbocycles. The van der Waals surface area contributed by atoms with E-state index in [2.05, 4.69) is 25.0 Å². The molecule has 11 heteroatoms. The van der Waals surface area contributed by atoms with Gasteiger partial charge in [-0.3, -0.25) is 9.48 Å². The highest BCUT2D eigenvalue weighted by Crippen LogP contribution is 2.34. The van der Waals surface area contributed by atoms with E-state index in [4.69, 9.17) is 5.73 Å². The SMILES string of the molecule is CC(O)(c1ccccc1)c1cc(-c2c[nH]c3ncc(-c4cnn(CCC(=O)N5CCC(O)C5)c4)cc23)nc(N)n1. The standard InChI is InChI=1S/C29H30N8O3/c1-29(40,20-5-3-2-4-6-20)25-12-24(34-28(30)35-25)23-15-32-27-22(23)11-18(13-31-27)19-14-33-37(16-19)10-8-26(39)36-9-7-21(38)17-36/h2-6,11-16,21,38,40H,7-10,17H2,1H3,(H,31,32)(H2,30,34,35). The molecule has 5 aromatic rings. The van der Waals surface area contributed by atoms with E-state index in [9.17, 15) is 15.0 Å². The number of anilines is 1. The Morgan fingerprint density at radius 1 is 1.18 bits per heavy atom. The van der Waals surface area contributed by atoms with Gasteiger partial charge in [0.15, 0.2) is 0 Å². The maximum absolute atomic E-state index is 12.4. The first-order chi connectivity index (χ1) is 19.3. The average molecular weight is 539 g/mol. The maximum atomic E-state index is 12.4. The van der Waals surface area contributed by atoms with E-state index in [1.807, 2.05) is 48.8 Å². The summed E-state index contributed by atoms with van der Waals surface area (Å²) in [6.45, 7) is 3.12. The number of H-pyrrole nitrogens is 1. The number of rotatable bonds is 7. The molecule has 2 atom stereocenters. The fourth-order valence-corrected chi connectivity index (χ4v) is 5.11. The summed E-state index contributed by atoms with van der Waals surface area (Å²) in [5.74, 6) is 0.0739. The summed E-state index contributed by atoms with van der Waals surface area (Å²) in [5.41, 5.74) is 9.54. The second kappa shape index (κ2) is 10.2. The van der Waals surface area contributed by atoms with Crippen LogP contribution >= 0.6 is 0 Å². The van der Waals surface area contributed by atoms with Crippen molar-refractivity contribution >= 4 is 22.9 Å². The summed E-state index contributed by atoms with van der Waals surface area (Å²) in [6, 6.07) is 13.0. The number of aromatic nitrogens is 6. The van der Waals surface area contributed by atoms with Gasteiger partial charge in [0.25, 0.3) is 0 Å². The Balaban J connectivity index is 1.27. The molecule has 11 nitrogen and oxygen atoms in total. The van der Waals surface area contributed by atoms with E-state index in [0.29, 0.717) is 55.1 Å². The Bertz CT molecular complexity index is 1680. The molecule has 2 unspecified atom stereocenters. The second-order valence-corrected chi connectivity index (χ2v) is 10.3. The van der Waals surface area contributed by atoms with Crippen LogP contribution in [-0.2, 0) is 16.9 Å². The smallest absolute Gasteiger partial charge is 0.224 e.